The monoisotopic (exact) mass is 530 g/mol. The molecule has 0 saturated heterocycles. The highest BCUT2D eigenvalue weighted by Crippen LogP contribution is 2.14. The van der Waals surface area contributed by atoms with Crippen LogP contribution < -0.4 is 0 Å². The van der Waals surface area contributed by atoms with Crippen molar-refractivity contribution in [3.8, 4) is 0 Å². The van der Waals surface area contributed by atoms with E-state index in [1.165, 1.54) is 116 Å². The zero-order valence-electron chi connectivity index (χ0n) is 24.9. The molecule has 38 heavy (non-hydrogen) atoms. The molecule has 4 heteroatoms. The van der Waals surface area contributed by atoms with Crippen molar-refractivity contribution in [2.45, 2.75) is 155 Å². The summed E-state index contributed by atoms with van der Waals surface area (Å²) in [6.45, 7) is 5.38. The molecule has 0 aliphatic rings. The van der Waals surface area contributed by atoms with Crippen LogP contribution in [-0.2, 0) is 9.47 Å². The van der Waals surface area contributed by atoms with Crippen LogP contribution in [0.25, 0.3) is 0 Å². The molecule has 4 nitrogen and oxygen atoms in total. The van der Waals surface area contributed by atoms with Crippen molar-refractivity contribution >= 4 is 11.9 Å². The van der Waals surface area contributed by atoms with Crippen LogP contribution in [0.5, 0.6) is 0 Å². The van der Waals surface area contributed by atoms with Crippen LogP contribution in [0.2, 0.25) is 0 Å². The van der Waals surface area contributed by atoms with E-state index in [4.69, 9.17) is 9.47 Å². The molecule has 0 radical (unpaired) electrons. The number of carbonyl (C=O) groups is 2. The third-order valence-electron chi connectivity index (χ3n) is 7.30. The van der Waals surface area contributed by atoms with Gasteiger partial charge in [-0.15, -0.1) is 0 Å². The fourth-order valence-corrected chi connectivity index (χ4v) is 4.80. The molecular weight excluding hydrogens is 472 g/mol. The number of hydrogen-bond donors (Lipinski definition) is 0. The highest BCUT2D eigenvalue weighted by atomic mass is 16.5. The van der Waals surface area contributed by atoms with Gasteiger partial charge in [0, 0.05) is 0 Å². The Hall–Kier alpha value is -1.84. The van der Waals surface area contributed by atoms with Crippen LogP contribution in [0.3, 0.4) is 0 Å². The Morgan fingerprint density at radius 3 is 1.08 bits per heavy atom. The maximum atomic E-state index is 12.4. The van der Waals surface area contributed by atoms with E-state index in [-0.39, 0.29) is 11.9 Å². The molecule has 1 aromatic carbocycles. The Bertz CT molecular complexity index is 644. The van der Waals surface area contributed by atoms with Gasteiger partial charge in [-0.3, -0.25) is 0 Å². The van der Waals surface area contributed by atoms with E-state index in [2.05, 4.69) is 13.8 Å². The molecule has 0 unspecified atom stereocenters. The molecule has 0 atom stereocenters. The van der Waals surface area contributed by atoms with Gasteiger partial charge < -0.3 is 9.47 Å². The minimum atomic E-state index is -0.364. The Morgan fingerprint density at radius 2 is 0.763 bits per heavy atom. The Kier molecular flexibility index (Phi) is 22.9. The summed E-state index contributed by atoms with van der Waals surface area (Å²) in [5.74, 6) is -0.728. The number of ether oxygens (including phenoxy) is 2. The van der Waals surface area contributed by atoms with Gasteiger partial charge in [-0.25, -0.2) is 9.59 Å². The normalized spacial score (nSPS) is 11.0. The highest BCUT2D eigenvalue weighted by molar-refractivity contribution is 5.95. The number of carbonyl (C=O) groups excluding carboxylic acids is 2. The van der Waals surface area contributed by atoms with Gasteiger partial charge in [0.1, 0.15) is 0 Å². The molecule has 0 saturated carbocycles. The lowest BCUT2D eigenvalue weighted by molar-refractivity contribution is 0.0496. The van der Waals surface area contributed by atoms with Gasteiger partial charge in [0.15, 0.2) is 0 Å². The van der Waals surface area contributed by atoms with Crippen molar-refractivity contribution in [1.82, 2.24) is 0 Å². The van der Waals surface area contributed by atoms with Gasteiger partial charge in [-0.05, 0) is 31.0 Å². The minimum Gasteiger partial charge on any atom is -0.462 e. The van der Waals surface area contributed by atoms with Gasteiger partial charge in [0.05, 0.1) is 24.3 Å². The fraction of sp³-hybridized carbons (Fsp3) is 0.765. The maximum Gasteiger partial charge on any atom is 0.338 e. The maximum absolute atomic E-state index is 12.4. The smallest absolute Gasteiger partial charge is 0.338 e. The van der Waals surface area contributed by atoms with Gasteiger partial charge in [0.2, 0.25) is 0 Å². The first-order valence-electron chi connectivity index (χ1n) is 16.1. The van der Waals surface area contributed by atoms with Gasteiger partial charge in [0.25, 0.3) is 0 Å². The van der Waals surface area contributed by atoms with Crippen LogP contribution in [0, 0.1) is 0 Å². The average molecular weight is 531 g/mol. The predicted molar refractivity (Wildman–Crippen MR) is 160 cm³/mol. The third kappa shape index (κ3) is 19.3. The first-order chi connectivity index (χ1) is 18.7. The van der Waals surface area contributed by atoms with Crippen LogP contribution in [0.15, 0.2) is 24.3 Å². The van der Waals surface area contributed by atoms with Crippen LogP contribution in [0.1, 0.15) is 176 Å². The predicted octanol–water partition coefficient (Wildman–Crippen LogP) is 10.6. The number of rotatable bonds is 26. The summed E-state index contributed by atoms with van der Waals surface area (Å²) in [6.07, 6.45) is 27.8. The second-order valence-electron chi connectivity index (χ2n) is 10.9. The summed E-state index contributed by atoms with van der Waals surface area (Å²) in [5, 5.41) is 0. The Balaban J connectivity index is 2.06. The van der Waals surface area contributed by atoms with E-state index in [1.54, 1.807) is 24.3 Å². The number of unbranched alkanes of at least 4 members (excludes halogenated alkanes) is 20. The van der Waals surface area contributed by atoms with Crippen molar-refractivity contribution in [3.05, 3.63) is 35.4 Å². The van der Waals surface area contributed by atoms with Gasteiger partial charge >= 0.3 is 11.9 Å². The highest BCUT2D eigenvalue weighted by Gasteiger charge is 2.12. The number of benzene rings is 1. The molecule has 0 aliphatic carbocycles. The molecule has 0 amide bonds. The van der Waals surface area contributed by atoms with E-state index in [1.807, 2.05) is 0 Å². The molecule has 0 spiro atoms. The summed E-state index contributed by atoms with van der Waals surface area (Å²) in [5.41, 5.74) is 0.828. The topological polar surface area (TPSA) is 52.6 Å². The van der Waals surface area contributed by atoms with Crippen LogP contribution in [0.4, 0.5) is 0 Å². The second-order valence-corrected chi connectivity index (χ2v) is 10.9. The van der Waals surface area contributed by atoms with Crippen LogP contribution >= 0.6 is 0 Å². The molecule has 0 bridgehead atoms. The van der Waals surface area contributed by atoms with Crippen molar-refractivity contribution in [1.29, 1.82) is 0 Å². The molecule has 1 rings (SSSR count). The standard InChI is InChI=1S/C34H58O4/c1-3-5-7-9-11-13-15-17-19-21-23-28-37-33(35)31-26-25-27-32(30-31)34(36)38-29-24-22-20-18-16-14-12-10-8-6-4-2/h25-27,30H,3-24,28-29H2,1-2H3. The minimum absolute atomic E-state index is 0.364. The lowest BCUT2D eigenvalue weighted by Gasteiger charge is -2.08. The average Bonchev–Trinajstić information content (AvgIpc) is 2.94. The third-order valence-corrected chi connectivity index (χ3v) is 7.30. The largest absolute Gasteiger partial charge is 0.462 e. The summed E-state index contributed by atoms with van der Waals surface area (Å²) in [4.78, 5) is 24.8. The Morgan fingerprint density at radius 1 is 0.474 bits per heavy atom. The first-order valence-corrected chi connectivity index (χ1v) is 16.1. The summed E-state index contributed by atoms with van der Waals surface area (Å²) in [6, 6.07) is 6.70. The van der Waals surface area contributed by atoms with Crippen molar-refractivity contribution in [2.24, 2.45) is 0 Å². The Labute approximate surface area is 234 Å². The quantitative estimate of drug-likeness (QED) is 0.0882. The lowest BCUT2D eigenvalue weighted by atomic mass is 10.1. The lowest BCUT2D eigenvalue weighted by Crippen LogP contribution is -2.10. The molecule has 0 aromatic heterocycles. The molecule has 0 N–H and O–H groups in total. The first kappa shape index (κ1) is 34.2. The molecular formula is C34H58O4. The SMILES string of the molecule is CCCCCCCCCCCCCOC(=O)c1cccc(C(=O)OCCCCCCCCCCCCC)c1. The van der Waals surface area contributed by atoms with E-state index in [9.17, 15) is 9.59 Å². The number of hydrogen-bond acceptors (Lipinski definition) is 4. The zero-order valence-corrected chi connectivity index (χ0v) is 24.9. The van der Waals surface area contributed by atoms with E-state index < -0.39 is 0 Å². The van der Waals surface area contributed by atoms with E-state index >= 15 is 0 Å². The number of esters is 2. The molecule has 218 valence electrons. The van der Waals surface area contributed by atoms with Crippen molar-refractivity contribution in [3.63, 3.8) is 0 Å². The van der Waals surface area contributed by atoms with E-state index in [0.29, 0.717) is 24.3 Å². The van der Waals surface area contributed by atoms with E-state index in [0.717, 1.165) is 25.7 Å². The van der Waals surface area contributed by atoms with Crippen LogP contribution in [-0.4, -0.2) is 25.2 Å². The van der Waals surface area contributed by atoms with Crippen molar-refractivity contribution < 1.29 is 19.1 Å². The van der Waals surface area contributed by atoms with Gasteiger partial charge in [-0.2, -0.15) is 0 Å². The van der Waals surface area contributed by atoms with Crippen molar-refractivity contribution in [2.75, 3.05) is 13.2 Å². The van der Waals surface area contributed by atoms with Gasteiger partial charge in [-0.1, -0.05) is 148 Å². The molecule has 0 heterocycles. The summed E-state index contributed by atoms with van der Waals surface area (Å²) < 4.78 is 10.9. The summed E-state index contributed by atoms with van der Waals surface area (Å²) in [7, 11) is 0. The second kappa shape index (κ2) is 25.4. The molecule has 1 aromatic rings. The fourth-order valence-electron chi connectivity index (χ4n) is 4.80. The zero-order chi connectivity index (χ0) is 27.5. The molecule has 0 aliphatic heterocycles. The molecule has 0 fully saturated rings. The summed E-state index contributed by atoms with van der Waals surface area (Å²) >= 11 is 0.